The highest BCUT2D eigenvalue weighted by atomic mass is 32.1. The van der Waals surface area contributed by atoms with Crippen molar-refractivity contribution < 1.29 is 9.53 Å². The van der Waals surface area contributed by atoms with Crippen LogP contribution in [0.15, 0.2) is 29.2 Å². The normalized spacial score (nSPS) is 10.1. The van der Waals surface area contributed by atoms with E-state index in [1.54, 1.807) is 29.2 Å². The summed E-state index contributed by atoms with van der Waals surface area (Å²) in [6.45, 7) is 2.61. The van der Waals surface area contributed by atoms with Crippen molar-refractivity contribution >= 4 is 23.1 Å². The van der Waals surface area contributed by atoms with Gasteiger partial charge in [0.05, 0.1) is 12.1 Å². The molecule has 0 atom stereocenters. The Morgan fingerprint density at radius 1 is 1.50 bits per heavy atom. The Labute approximate surface area is 109 Å². The fraction of sp³-hybridized carbons (Fsp3) is 0.250. The minimum Gasteiger partial charge on any atom is -0.490 e. The van der Waals surface area contributed by atoms with Gasteiger partial charge in [-0.1, -0.05) is 6.92 Å². The van der Waals surface area contributed by atoms with Gasteiger partial charge in [-0.05, 0) is 18.6 Å². The van der Waals surface area contributed by atoms with E-state index in [4.69, 9.17) is 4.74 Å². The molecule has 0 bridgehead atoms. The Morgan fingerprint density at radius 2 is 2.39 bits per heavy atom. The molecule has 0 unspecified atom stereocenters. The maximum Gasteiger partial charge on any atom is 0.276 e. The first kappa shape index (κ1) is 12.5. The van der Waals surface area contributed by atoms with E-state index < -0.39 is 0 Å². The van der Waals surface area contributed by atoms with Crippen LogP contribution in [-0.2, 0) is 0 Å². The van der Waals surface area contributed by atoms with Crippen LogP contribution in [0.3, 0.4) is 0 Å². The van der Waals surface area contributed by atoms with Gasteiger partial charge >= 0.3 is 0 Å². The molecule has 2 heterocycles. The minimum atomic E-state index is -0.281. The second kappa shape index (κ2) is 6.11. The molecule has 1 N–H and O–H groups in total. The average Bonchev–Trinajstić information content (AvgIpc) is 2.91. The SMILES string of the molecule is CCCOc1cccnc1NC(=O)c1cscn1. The summed E-state index contributed by atoms with van der Waals surface area (Å²) in [5.74, 6) is 0.711. The summed E-state index contributed by atoms with van der Waals surface area (Å²) >= 11 is 1.37. The Kier molecular flexibility index (Phi) is 4.25. The summed E-state index contributed by atoms with van der Waals surface area (Å²) in [4.78, 5) is 19.9. The predicted molar refractivity (Wildman–Crippen MR) is 70.1 cm³/mol. The van der Waals surface area contributed by atoms with Crippen LogP contribution in [0.1, 0.15) is 23.8 Å². The van der Waals surface area contributed by atoms with Crippen molar-refractivity contribution in [2.24, 2.45) is 0 Å². The van der Waals surface area contributed by atoms with Gasteiger partial charge in [-0.2, -0.15) is 0 Å². The quantitative estimate of drug-likeness (QED) is 0.900. The van der Waals surface area contributed by atoms with Crippen molar-refractivity contribution in [3.8, 4) is 5.75 Å². The van der Waals surface area contributed by atoms with Crippen LogP contribution < -0.4 is 10.1 Å². The van der Waals surface area contributed by atoms with Gasteiger partial charge in [0, 0.05) is 11.6 Å². The van der Waals surface area contributed by atoms with E-state index in [0.29, 0.717) is 23.9 Å². The number of nitrogens with zero attached hydrogens (tertiary/aromatic N) is 2. The van der Waals surface area contributed by atoms with E-state index in [1.165, 1.54) is 11.3 Å². The van der Waals surface area contributed by atoms with E-state index in [0.717, 1.165) is 6.42 Å². The van der Waals surface area contributed by atoms with E-state index in [-0.39, 0.29) is 5.91 Å². The standard InChI is InChI=1S/C12H13N3O2S/c1-2-6-17-10-4-3-5-13-11(10)15-12(16)9-7-18-8-14-9/h3-5,7-8H,2,6H2,1H3,(H,13,15,16). The fourth-order valence-electron chi connectivity index (χ4n) is 1.31. The van der Waals surface area contributed by atoms with Crippen LogP contribution in [0, 0.1) is 0 Å². The molecular formula is C12H13N3O2S. The monoisotopic (exact) mass is 263 g/mol. The van der Waals surface area contributed by atoms with Gasteiger partial charge in [-0.15, -0.1) is 11.3 Å². The van der Waals surface area contributed by atoms with Crippen LogP contribution >= 0.6 is 11.3 Å². The van der Waals surface area contributed by atoms with Crippen molar-refractivity contribution in [2.75, 3.05) is 11.9 Å². The van der Waals surface area contributed by atoms with Gasteiger partial charge in [-0.25, -0.2) is 9.97 Å². The first-order valence-electron chi connectivity index (χ1n) is 5.58. The molecule has 0 saturated carbocycles. The minimum absolute atomic E-state index is 0.281. The summed E-state index contributed by atoms with van der Waals surface area (Å²) in [6, 6.07) is 3.54. The maximum absolute atomic E-state index is 11.8. The molecule has 0 aromatic carbocycles. The Bertz CT molecular complexity index is 514. The topological polar surface area (TPSA) is 64.1 Å². The molecule has 0 spiro atoms. The van der Waals surface area contributed by atoms with Crippen LogP contribution in [0.4, 0.5) is 5.82 Å². The molecule has 94 valence electrons. The number of aromatic nitrogens is 2. The number of thiazole rings is 1. The summed E-state index contributed by atoms with van der Waals surface area (Å²) in [6.07, 6.45) is 2.50. The van der Waals surface area contributed by atoms with Gasteiger partial charge in [0.15, 0.2) is 11.6 Å². The van der Waals surface area contributed by atoms with Gasteiger partial charge < -0.3 is 10.1 Å². The lowest BCUT2D eigenvalue weighted by Gasteiger charge is -2.09. The largest absolute Gasteiger partial charge is 0.490 e. The van der Waals surface area contributed by atoms with E-state index >= 15 is 0 Å². The fourth-order valence-corrected chi connectivity index (χ4v) is 1.84. The molecule has 6 heteroatoms. The van der Waals surface area contributed by atoms with Crippen molar-refractivity contribution in [1.29, 1.82) is 0 Å². The third-order valence-corrected chi connectivity index (χ3v) is 2.72. The number of amides is 1. The van der Waals surface area contributed by atoms with Gasteiger partial charge in [0.2, 0.25) is 0 Å². The highest BCUT2D eigenvalue weighted by Gasteiger charge is 2.12. The number of pyridine rings is 1. The van der Waals surface area contributed by atoms with Gasteiger partial charge in [-0.3, -0.25) is 4.79 Å². The molecule has 0 aliphatic rings. The molecule has 5 nitrogen and oxygen atoms in total. The first-order chi connectivity index (χ1) is 8.81. The Morgan fingerprint density at radius 3 is 3.11 bits per heavy atom. The van der Waals surface area contributed by atoms with Crippen LogP contribution in [0.25, 0.3) is 0 Å². The molecule has 2 aromatic heterocycles. The van der Waals surface area contributed by atoms with Crippen LogP contribution in [-0.4, -0.2) is 22.5 Å². The van der Waals surface area contributed by atoms with E-state index in [2.05, 4.69) is 15.3 Å². The third kappa shape index (κ3) is 3.04. The highest BCUT2D eigenvalue weighted by molar-refractivity contribution is 7.07. The van der Waals surface area contributed by atoms with E-state index in [1.807, 2.05) is 6.92 Å². The number of carbonyl (C=O) groups excluding carboxylic acids is 1. The van der Waals surface area contributed by atoms with Crippen LogP contribution in [0.5, 0.6) is 5.75 Å². The zero-order chi connectivity index (χ0) is 12.8. The molecule has 1 amide bonds. The highest BCUT2D eigenvalue weighted by Crippen LogP contribution is 2.21. The van der Waals surface area contributed by atoms with Crippen molar-refractivity contribution in [3.05, 3.63) is 34.9 Å². The molecule has 2 rings (SSSR count). The molecule has 0 fully saturated rings. The summed E-state index contributed by atoms with van der Waals surface area (Å²) in [5, 5.41) is 4.38. The number of rotatable bonds is 5. The number of anilines is 1. The van der Waals surface area contributed by atoms with Gasteiger partial charge in [0.25, 0.3) is 5.91 Å². The molecule has 0 aliphatic carbocycles. The van der Waals surface area contributed by atoms with Gasteiger partial charge in [0.1, 0.15) is 5.69 Å². The Balaban J connectivity index is 2.11. The maximum atomic E-state index is 11.8. The Hall–Kier alpha value is -1.95. The molecule has 0 saturated heterocycles. The number of carbonyl (C=O) groups is 1. The first-order valence-corrected chi connectivity index (χ1v) is 6.53. The zero-order valence-electron chi connectivity index (χ0n) is 9.92. The van der Waals surface area contributed by atoms with Crippen LogP contribution in [0.2, 0.25) is 0 Å². The third-order valence-electron chi connectivity index (χ3n) is 2.13. The van der Waals surface area contributed by atoms with Crippen molar-refractivity contribution in [3.63, 3.8) is 0 Å². The van der Waals surface area contributed by atoms with E-state index in [9.17, 15) is 4.79 Å². The predicted octanol–water partition coefficient (Wildman–Crippen LogP) is 2.58. The summed E-state index contributed by atoms with van der Waals surface area (Å²) in [7, 11) is 0. The lowest BCUT2D eigenvalue weighted by atomic mass is 10.4. The summed E-state index contributed by atoms with van der Waals surface area (Å²) < 4.78 is 5.51. The number of ether oxygens (including phenoxy) is 1. The smallest absolute Gasteiger partial charge is 0.276 e. The number of nitrogens with one attached hydrogen (secondary N) is 1. The number of hydrogen-bond donors (Lipinski definition) is 1. The lowest BCUT2D eigenvalue weighted by Crippen LogP contribution is -2.14. The zero-order valence-corrected chi connectivity index (χ0v) is 10.7. The molecule has 2 aromatic rings. The average molecular weight is 263 g/mol. The molecule has 18 heavy (non-hydrogen) atoms. The van der Waals surface area contributed by atoms with Crippen molar-refractivity contribution in [2.45, 2.75) is 13.3 Å². The summed E-state index contributed by atoms with van der Waals surface area (Å²) in [5.41, 5.74) is 1.99. The second-order valence-corrected chi connectivity index (χ2v) is 4.25. The van der Waals surface area contributed by atoms with Crippen molar-refractivity contribution in [1.82, 2.24) is 9.97 Å². The lowest BCUT2D eigenvalue weighted by molar-refractivity contribution is 0.102. The molecule has 0 radical (unpaired) electrons. The number of hydrogen-bond acceptors (Lipinski definition) is 5. The molecular weight excluding hydrogens is 250 g/mol. The second-order valence-electron chi connectivity index (χ2n) is 3.53. The molecule has 0 aliphatic heterocycles.